The van der Waals surface area contributed by atoms with E-state index in [1.54, 1.807) is 48.5 Å². The summed E-state index contributed by atoms with van der Waals surface area (Å²) in [5.74, 6) is -0.420. The number of para-hydroxylation sites is 1. The minimum Gasteiger partial charge on any atom is -0.494 e. The predicted octanol–water partition coefficient (Wildman–Crippen LogP) is 4.48. The second-order valence-electron chi connectivity index (χ2n) is 8.83. The number of rotatable bonds is 11. The van der Waals surface area contributed by atoms with Crippen LogP contribution in [0, 0.1) is 0 Å². The fraction of sp³-hybridized carbons (Fsp3) is 0.286. The van der Waals surface area contributed by atoms with Crippen molar-refractivity contribution in [1.82, 2.24) is 5.32 Å². The molecule has 39 heavy (non-hydrogen) atoms. The average molecular weight is 572 g/mol. The molecule has 2 amide bonds. The Morgan fingerprint density at radius 2 is 1.77 bits per heavy atom. The Morgan fingerprint density at radius 1 is 1.05 bits per heavy atom. The van der Waals surface area contributed by atoms with Gasteiger partial charge < -0.3 is 20.1 Å². The van der Waals surface area contributed by atoms with E-state index in [4.69, 9.17) is 21.1 Å². The molecule has 1 aliphatic rings. The molecule has 3 aromatic rings. The largest absolute Gasteiger partial charge is 0.494 e. The van der Waals surface area contributed by atoms with E-state index >= 15 is 0 Å². The third kappa shape index (κ3) is 7.29. The molecule has 1 aliphatic heterocycles. The van der Waals surface area contributed by atoms with Crippen molar-refractivity contribution in [2.75, 3.05) is 35.9 Å². The molecule has 1 heterocycles. The van der Waals surface area contributed by atoms with E-state index in [1.807, 2.05) is 6.92 Å². The molecule has 4 rings (SSSR count). The molecule has 3 aromatic carbocycles. The molecule has 1 saturated heterocycles. The van der Waals surface area contributed by atoms with E-state index in [1.165, 1.54) is 24.3 Å². The van der Waals surface area contributed by atoms with Gasteiger partial charge in [0.05, 0.1) is 34.5 Å². The van der Waals surface area contributed by atoms with E-state index in [2.05, 4.69) is 10.6 Å². The minimum absolute atomic E-state index is 0.0255. The van der Waals surface area contributed by atoms with Crippen LogP contribution in [0.1, 0.15) is 30.1 Å². The van der Waals surface area contributed by atoms with Gasteiger partial charge in [-0.3, -0.25) is 13.9 Å². The predicted molar refractivity (Wildman–Crippen MR) is 150 cm³/mol. The van der Waals surface area contributed by atoms with Crippen LogP contribution in [-0.4, -0.2) is 52.6 Å². The Morgan fingerprint density at radius 3 is 2.44 bits per heavy atom. The van der Waals surface area contributed by atoms with Crippen molar-refractivity contribution in [1.29, 1.82) is 0 Å². The standard InChI is InChI=1S/C28H30ClN3O6S/c1-2-37-22-13-11-21(12-14-22)32(39(35,36)24-15-9-20(29)10-16-24)19-27(33)31-26-8-4-3-7-25(26)28(34)30-18-23-6-5-17-38-23/h3-4,7-16,23H,2,5-6,17-19H2,1H3,(H,30,34)(H,31,33)/t23-/m0/s1. The molecule has 0 aliphatic carbocycles. The summed E-state index contributed by atoms with van der Waals surface area (Å²) >= 11 is 5.95. The van der Waals surface area contributed by atoms with Crippen LogP contribution in [0.2, 0.25) is 5.02 Å². The number of anilines is 2. The van der Waals surface area contributed by atoms with Crippen LogP contribution in [0.4, 0.5) is 11.4 Å². The fourth-order valence-electron chi connectivity index (χ4n) is 4.14. The highest BCUT2D eigenvalue weighted by atomic mass is 35.5. The molecule has 2 N–H and O–H groups in total. The van der Waals surface area contributed by atoms with Crippen LogP contribution in [0.5, 0.6) is 5.75 Å². The lowest BCUT2D eigenvalue weighted by atomic mass is 10.1. The summed E-state index contributed by atoms with van der Waals surface area (Å²) in [4.78, 5) is 26.1. The van der Waals surface area contributed by atoms with Gasteiger partial charge in [0.1, 0.15) is 12.3 Å². The first kappa shape index (κ1) is 28.4. The van der Waals surface area contributed by atoms with Crippen LogP contribution in [0.15, 0.2) is 77.7 Å². The van der Waals surface area contributed by atoms with Crippen molar-refractivity contribution >= 4 is 44.8 Å². The van der Waals surface area contributed by atoms with Crippen molar-refractivity contribution in [3.8, 4) is 5.75 Å². The lowest BCUT2D eigenvalue weighted by molar-refractivity contribution is -0.114. The highest BCUT2D eigenvalue weighted by Crippen LogP contribution is 2.27. The van der Waals surface area contributed by atoms with E-state index < -0.39 is 22.5 Å². The molecule has 206 valence electrons. The summed E-state index contributed by atoms with van der Waals surface area (Å²) in [7, 11) is -4.15. The molecular formula is C28H30ClN3O6S. The Bertz CT molecular complexity index is 1390. The second-order valence-corrected chi connectivity index (χ2v) is 11.1. The molecule has 0 aromatic heterocycles. The van der Waals surface area contributed by atoms with Gasteiger partial charge in [-0.25, -0.2) is 8.42 Å². The number of halogens is 1. The Hall–Kier alpha value is -3.60. The lowest BCUT2D eigenvalue weighted by Gasteiger charge is -2.24. The van der Waals surface area contributed by atoms with Gasteiger partial charge >= 0.3 is 0 Å². The van der Waals surface area contributed by atoms with Crippen LogP contribution in [-0.2, 0) is 19.6 Å². The average Bonchev–Trinajstić information content (AvgIpc) is 3.45. The summed E-state index contributed by atoms with van der Waals surface area (Å²) in [6.07, 6.45) is 1.80. The molecule has 0 radical (unpaired) electrons. The number of amides is 2. The Kier molecular flexibility index (Phi) is 9.45. The van der Waals surface area contributed by atoms with Crippen LogP contribution >= 0.6 is 11.6 Å². The van der Waals surface area contributed by atoms with Gasteiger partial charge in [0.2, 0.25) is 5.91 Å². The topological polar surface area (TPSA) is 114 Å². The van der Waals surface area contributed by atoms with Gasteiger partial charge in [-0.1, -0.05) is 23.7 Å². The number of carbonyl (C=O) groups excluding carboxylic acids is 2. The number of ether oxygens (including phenoxy) is 2. The summed E-state index contributed by atoms with van der Waals surface area (Å²) < 4.78 is 39.3. The van der Waals surface area contributed by atoms with Gasteiger partial charge in [-0.15, -0.1) is 0 Å². The maximum atomic E-state index is 13.6. The van der Waals surface area contributed by atoms with Crippen molar-refractivity contribution in [3.05, 3.63) is 83.4 Å². The molecule has 11 heteroatoms. The summed E-state index contributed by atoms with van der Waals surface area (Å²) in [5.41, 5.74) is 0.797. The highest BCUT2D eigenvalue weighted by Gasteiger charge is 2.28. The molecule has 0 saturated carbocycles. The zero-order valence-corrected chi connectivity index (χ0v) is 23.0. The van der Waals surface area contributed by atoms with Crippen molar-refractivity contribution in [2.45, 2.75) is 30.8 Å². The number of hydrogen-bond donors (Lipinski definition) is 2. The quantitative estimate of drug-likeness (QED) is 0.351. The molecule has 1 atom stereocenters. The zero-order chi connectivity index (χ0) is 27.8. The maximum absolute atomic E-state index is 13.6. The van der Waals surface area contributed by atoms with Crippen molar-refractivity contribution in [2.24, 2.45) is 0 Å². The number of carbonyl (C=O) groups is 2. The first-order chi connectivity index (χ1) is 18.8. The minimum atomic E-state index is -4.15. The number of nitrogens with zero attached hydrogens (tertiary/aromatic N) is 1. The van der Waals surface area contributed by atoms with Gasteiger partial charge in [0.15, 0.2) is 0 Å². The third-order valence-electron chi connectivity index (χ3n) is 6.08. The molecule has 0 spiro atoms. The molecule has 1 fully saturated rings. The molecule has 0 unspecified atom stereocenters. The monoisotopic (exact) mass is 571 g/mol. The molecule has 9 nitrogen and oxygen atoms in total. The van der Waals surface area contributed by atoms with E-state index in [0.717, 1.165) is 17.1 Å². The van der Waals surface area contributed by atoms with Crippen LogP contribution in [0.3, 0.4) is 0 Å². The number of sulfonamides is 1. The zero-order valence-electron chi connectivity index (χ0n) is 21.4. The first-order valence-electron chi connectivity index (χ1n) is 12.6. The van der Waals surface area contributed by atoms with Crippen molar-refractivity contribution < 1.29 is 27.5 Å². The smallest absolute Gasteiger partial charge is 0.264 e. The number of hydrogen-bond acceptors (Lipinski definition) is 6. The van der Waals surface area contributed by atoms with Crippen LogP contribution in [0.25, 0.3) is 0 Å². The fourth-order valence-corrected chi connectivity index (χ4v) is 5.69. The van der Waals surface area contributed by atoms with E-state index in [0.29, 0.717) is 30.5 Å². The second kappa shape index (κ2) is 13.0. The number of benzene rings is 3. The van der Waals surface area contributed by atoms with Gasteiger partial charge in [0.25, 0.3) is 15.9 Å². The summed E-state index contributed by atoms with van der Waals surface area (Å²) in [5, 5.41) is 5.93. The van der Waals surface area contributed by atoms with Gasteiger partial charge in [-0.05, 0) is 80.4 Å². The molecular weight excluding hydrogens is 542 g/mol. The highest BCUT2D eigenvalue weighted by molar-refractivity contribution is 7.92. The summed E-state index contributed by atoms with van der Waals surface area (Å²) in [6, 6.07) is 18.7. The lowest BCUT2D eigenvalue weighted by Crippen LogP contribution is -2.38. The number of nitrogens with one attached hydrogen (secondary N) is 2. The summed E-state index contributed by atoms with van der Waals surface area (Å²) in [6.45, 7) is 2.80. The van der Waals surface area contributed by atoms with Gasteiger partial charge in [0, 0.05) is 18.2 Å². The molecule has 0 bridgehead atoms. The normalized spacial score (nSPS) is 15.0. The first-order valence-corrected chi connectivity index (χ1v) is 14.4. The van der Waals surface area contributed by atoms with E-state index in [-0.39, 0.29) is 33.8 Å². The van der Waals surface area contributed by atoms with Crippen molar-refractivity contribution in [3.63, 3.8) is 0 Å². The Balaban J connectivity index is 1.56. The Labute approximate surface area is 233 Å². The van der Waals surface area contributed by atoms with Crippen LogP contribution < -0.4 is 19.7 Å². The van der Waals surface area contributed by atoms with Gasteiger partial charge in [-0.2, -0.15) is 0 Å². The third-order valence-corrected chi connectivity index (χ3v) is 8.12. The SMILES string of the molecule is CCOc1ccc(N(CC(=O)Nc2ccccc2C(=O)NC[C@@H]2CCCO2)S(=O)(=O)c2ccc(Cl)cc2)cc1. The maximum Gasteiger partial charge on any atom is 0.264 e. The van der Waals surface area contributed by atoms with E-state index in [9.17, 15) is 18.0 Å².